The molecule has 3 rings (SSSR count). The van der Waals surface area contributed by atoms with Crippen LogP contribution in [0.25, 0.3) is 11.3 Å². The molecule has 0 radical (unpaired) electrons. The first-order valence-electron chi connectivity index (χ1n) is 7.55. The molecule has 1 atom stereocenters. The quantitative estimate of drug-likeness (QED) is 0.885. The molecule has 1 aliphatic rings. The summed E-state index contributed by atoms with van der Waals surface area (Å²) in [7, 11) is 0. The van der Waals surface area contributed by atoms with E-state index in [9.17, 15) is 5.11 Å². The molecular weight excluding hydrogens is 335 g/mol. The molecule has 0 bridgehead atoms. The minimum Gasteiger partial charge on any atom is -0.507 e. The van der Waals surface area contributed by atoms with E-state index in [0.717, 1.165) is 31.7 Å². The number of aromatic hydroxyl groups is 1. The van der Waals surface area contributed by atoms with Crippen LogP contribution in [0.15, 0.2) is 24.3 Å². The van der Waals surface area contributed by atoms with Crippen molar-refractivity contribution in [2.24, 2.45) is 11.7 Å². The van der Waals surface area contributed by atoms with Gasteiger partial charge in [0.1, 0.15) is 5.75 Å². The van der Waals surface area contributed by atoms with Crippen LogP contribution >= 0.6 is 23.2 Å². The molecule has 1 fully saturated rings. The predicted molar refractivity (Wildman–Crippen MR) is 93.1 cm³/mol. The second-order valence-electron chi connectivity index (χ2n) is 5.75. The zero-order chi connectivity index (χ0) is 16.4. The Morgan fingerprint density at radius 3 is 2.74 bits per heavy atom. The summed E-state index contributed by atoms with van der Waals surface area (Å²) in [6, 6.07) is 6.72. The average Bonchev–Trinajstić information content (AvgIpc) is 2.54. The lowest BCUT2D eigenvalue weighted by atomic mass is 9.98. The van der Waals surface area contributed by atoms with Crippen LogP contribution in [-0.2, 0) is 0 Å². The van der Waals surface area contributed by atoms with Crippen molar-refractivity contribution in [3.8, 4) is 17.0 Å². The number of halogens is 2. The maximum Gasteiger partial charge on any atom is 0.151 e. The average molecular weight is 353 g/mol. The van der Waals surface area contributed by atoms with Crippen molar-refractivity contribution >= 4 is 29.0 Å². The Balaban J connectivity index is 1.85. The predicted octanol–water partition coefficient (Wildman–Crippen LogP) is 3.33. The van der Waals surface area contributed by atoms with Gasteiger partial charge in [-0.1, -0.05) is 23.2 Å². The molecule has 23 heavy (non-hydrogen) atoms. The molecule has 1 aliphatic heterocycles. The molecule has 1 saturated heterocycles. The topological polar surface area (TPSA) is 75.3 Å². The third-order valence-electron chi connectivity index (χ3n) is 4.12. The lowest BCUT2D eigenvalue weighted by Crippen LogP contribution is -2.38. The Morgan fingerprint density at radius 1 is 1.26 bits per heavy atom. The van der Waals surface area contributed by atoms with Gasteiger partial charge in [0.05, 0.1) is 16.3 Å². The molecule has 0 amide bonds. The van der Waals surface area contributed by atoms with Crippen molar-refractivity contribution in [1.29, 1.82) is 0 Å². The highest BCUT2D eigenvalue weighted by Gasteiger charge is 2.20. The maximum atomic E-state index is 10.0. The standard InChI is InChI=1S/C16H18Cl2N4O/c17-11-6-12(18)16(14(23)7-11)13-3-4-15(21-20-13)22-5-1-2-10(8-19)9-22/h3-4,6-7,10,23H,1-2,5,8-9,19H2/t10-/m0/s1. The highest BCUT2D eigenvalue weighted by Crippen LogP contribution is 2.37. The molecule has 0 spiro atoms. The van der Waals surface area contributed by atoms with E-state index in [1.54, 1.807) is 6.07 Å². The Labute approximate surface area is 145 Å². The number of rotatable bonds is 3. The second-order valence-corrected chi connectivity index (χ2v) is 6.59. The fourth-order valence-corrected chi connectivity index (χ4v) is 3.49. The Hall–Kier alpha value is -1.56. The molecular formula is C16H18Cl2N4O. The first-order chi connectivity index (χ1) is 11.1. The Kier molecular flexibility index (Phi) is 4.90. The fraction of sp³-hybridized carbons (Fsp3) is 0.375. The first-order valence-corrected chi connectivity index (χ1v) is 8.31. The summed E-state index contributed by atoms with van der Waals surface area (Å²) >= 11 is 12.0. The van der Waals surface area contributed by atoms with E-state index in [1.165, 1.54) is 6.07 Å². The SMILES string of the molecule is NC[C@@H]1CCCN(c2ccc(-c3c(O)cc(Cl)cc3Cl)nn2)C1. The van der Waals surface area contributed by atoms with E-state index in [0.29, 0.717) is 33.8 Å². The summed E-state index contributed by atoms with van der Waals surface area (Å²) in [6.07, 6.45) is 2.27. The summed E-state index contributed by atoms with van der Waals surface area (Å²) in [5, 5.41) is 19.3. The van der Waals surface area contributed by atoms with E-state index in [1.807, 2.05) is 12.1 Å². The second kappa shape index (κ2) is 6.91. The van der Waals surface area contributed by atoms with E-state index in [4.69, 9.17) is 28.9 Å². The van der Waals surface area contributed by atoms with Gasteiger partial charge in [0.2, 0.25) is 0 Å². The highest BCUT2D eigenvalue weighted by atomic mass is 35.5. The number of hydrogen-bond acceptors (Lipinski definition) is 5. The van der Waals surface area contributed by atoms with Crippen molar-refractivity contribution in [2.75, 3.05) is 24.5 Å². The van der Waals surface area contributed by atoms with Gasteiger partial charge in [-0.3, -0.25) is 0 Å². The molecule has 3 N–H and O–H groups in total. The van der Waals surface area contributed by atoms with Crippen molar-refractivity contribution in [1.82, 2.24) is 10.2 Å². The summed E-state index contributed by atoms with van der Waals surface area (Å²) in [5.74, 6) is 1.31. The molecule has 7 heteroatoms. The number of anilines is 1. The third kappa shape index (κ3) is 3.52. The van der Waals surface area contributed by atoms with Crippen molar-refractivity contribution in [3.63, 3.8) is 0 Å². The third-order valence-corrected chi connectivity index (χ3v) is 4.63. The first kappa shape index (κ1) is 16.3. The number of hydrogen-bond donors (Lipinski definition) is 2. The van der Waals surface area contributed by atoms with Crippen LogP contribution in [0.5, 0.6) is 5.75 Å². The van der Waals surface area contributed by atoms with Gasteiger partial charge in [-0.15, -0.1) is 10.2 Å². The van der Waals surface area contributed by atoms with Gasteiger partial charge in [-0.25, -0.2) is 0 Å². The van der Waals surface area contributed by atoms with E-state index in [-0.39, 0.29) is 5.75 Å². The molecule has 2 heterocycles. The number of aromatic nitrogens is 2. The van der Waals surface area contributed by atoms with Gasteiger partial charge in [-0.05, 0) is 49.6 Å². The lowest BCUT2D eigenvalue weighted by molar-refractivity contribution is 0.421. The zero-order valence-corrected chi connectivity index (χ0v) is 14.1. The summed E-state index contributed by atoms with van der Waals surface area (Å²) in [6.45, 7) is 2.55. The van der Waals surface area contributed by atoms with Crippen LogP contribution in [0.4, 0.5) is 5.82 Å². The summed E-state index contributed by atoms with van der Waals surface area (Å²) < 4.78 is 0. The maximum absolute atomic E-state index is 10.0. The van der Waals surface area contributed by atoms with Gasteiger partial charge in [-0.2, -0.15) is 0 Å². The number of phenolic OH excluding ortho intramolecular Hbond substituents is 1. The Bertz CT molecular complexity index is 670. The van der Waals surface area contributed by atoms with E-state index >= 15 is 0 Å². The van der Waals surface area contributed by atoms with Crippen LogP contribution in [0.3, 0.4) is 0 Å². The van der Waals surface area contributed by atoms with Gasteiger partial charge in [0.25, 0.3) is 0 Å². The fourth-order valence-electron chi connectivity index (χ4n) is 2.91. The number of benzene rings is 1. The normalized spacial score (nSPS) is 18.2. The lowest BCUT2D eigenvalue weighted by Gasteiger charge is -2.32. The van der Waals surface area contributed by atoms with Crippen LogP contribution < -0.4 is 10.6 Å². The number of nitrogens with zero attached hydrogens (tertiary/aromatic N) is 3. The van der Waals surface area contributed by atoms with Crippen molar-refractivity contribution in [3.05, 3.63) is 34.3 Å². The largest absolute Gasteiger partial charge is 0.507 e. The number of nitrogens with two attached hydrogens (primary N) is 1. The monoisotopic (exact) mass is 352 g/mol. The Morgan fingerprint density at radius 2 is 2.09 bits per heavy atom. The molecule has 2 aromatic rings. The molecule has 5 nitrogen and oxygen atoms in total. The minimum atomic E-state index is -0.00859. The summed E-state index contributed by atoms with van der Waals surface area (Å²) in [4.78, 5) is 2.20. The minimum absolute atomic E-state index is 0.00859. The van der Waals surface area contributed by atoms with Gasteiger partial charge >= 0.3 is 0 Å². The van der Waals surface area contributed by atoms with Crippen LogP contribution in [0.1, 0.15) is 12.8 Å². The van der Waals surface area contributed by atoms with Crippen LogP contribution in [-0.4, -0.2) is 34.9 Å². The van der Waals surface area contributed by atoms with Crippen LogP contribution in [0, 0.1) is 5.92 Å². The molecule has 0 unspecified atom stereocenters. The summed E-state index contributed by atoms with van der Waals surface area (Å²) in [5.41, 5.74) is 6.73. The molecule has 0 aliphatic carbocycles. The van der Waals surface area contributed by atoms with Crippen LogP contribution in [0.2, 0.25) is 10.0 Å². The van der Waals surface area contributed by atoms with Gasteiger partial charge in [0, 0.05) is 18.1 Å². The van der Waals surface area contributed by atoms with Gasteiger partial charge in [0.15, 0.2) is 5.82 Å². The van der Waals surface area contributed by atoms with Crippen molar-refractivity contribution in [2.45, 2.75) is 12.8 Å². The van der Waals surface area contributed by atoms with E-state index < -0.39 is 0 Å². The molecule has 122 valence electrons. The van der Waals surface area contributed by atoms with Gasteiger partial charge < -0.3 is 15.7 Å². The highest BCUT2D eigenvalue weighted by molar-refractivity contribution is 6.36. The molecule has 1 aromatic heterocycles. The van der Waals surface area contributed by atoms with E-state index in [2.05, 4.69) is 15.1 Å². The molecule has 0 saturated carbocycles. The number of piperidine rings is 1. The smallest absolute Gasteiger partial charge is 0.151 e. The molecule has 1 aromatic carbocycles. The zero-order valence-electron chi connectivity index (χ0n) is 12.5. The van der Waals surface area contributed by atoms with Crippen molar-refractivity contribution < 1.29 is 5.11 Å². The number of phenols is 1.